The van der Waals surface area contributed by atoms with Gasteiger partial charge in [0.1, 0.15) is 0 Å². The number of ether oxygens (including phenoxy) is 1. The molecule has 0 aliphatic carbocycles. The number of carboxylic acid groups (broad SMARTS) is 3. The van der Waals surface area contributed by atoms with Crippen molar-refractivity contribution in [3.05, 3.63) is 35.5 Å². The Bertz CT molecular complexity index is 610. The Morgan fingerprint density at radius 1 is 1.12 bits per heavy atom. The summed E-state index contributed by atoms with van der Waals surface area (Å²) >= 11 is 0. The van der Waals surface area contributed by atoms with Gasteiger partial charge in [-0.15, -0.1) is 0 Å². The molecule has 0 saturated carbocycles. The Morgan fingerprint density at radius 3 is 2.00 bits per heavy atom. The minimum atomic E-state index is -1.42. The van der Waals surface area contributed by atoms with Crippen LogP contribution in [-0.4, -0.2) is 45.9 Å². The first-order valence-corrected chi connectivity index (χ1v) is 7.55. The molecule has 0 radical (unpaired) electrons. The van der Waals surface area contributed by atoms with E-state index < -0.39 is 23.3 Å². The fourth-order valence-electron chi connectivity index (χ4n) is 2.28. The second-order valence-electron chi connectivity index (χ2n) is 5.86. The standard InChI is InChI=1S/C17H22O7/c1-4-11(15(20)21)7-17(3,10(2)14(18)19)8-12(16(22)23)5-6-13-9-24-13/h7-8,13H,2,4-6,9H2,1,3H3,(H,18,19)(H,20,21)(H,22,23). The smallest absolute Gasteiger partial charge is 0.332 e. The minimum Gasteiger partial charge on any atom is -0.478 e. The Hall–Kier alpha value is -2.41. The molecule has 0 spiro atoms. The van der Waals surface area contributed by atoms with E-state index in [9.17, 15) is 29.7 Å². The van der Waals surface area contributed by atoms with Gasteiger partial charge >= 0.3 is 17.9 Å². The molecule has 0 aromatic heterocycles. The predicted octanol–water partition coefficient (Wildman–Crippen LogP) is 2.24. The van der Waals surface area contributed by atoms with Crippen molar-refractivity contribution in [1.82, 2.24) is 0 Å². The first-order valence-electron chi connectivity index (χ1n) is 7.55. The molecule has 7 heteroatoms. The van der Waals surface area contributed by atoms with Crippen molar-refractivity contribution in [2.45, 2.75) is 39.2 Å². The molecule has 1 fully saturated rings. The van der Waals surface area contributed by atoms with Gasteiger partial charge in [-0.05, 0) is 26.2 Å². The number of carbonyl (C=O) groups is 3. The molecular formula is C17H22O7. The van der Waals surface area contributed by atoms with Crippen LogP contribution in [0.2, 0.25) is 0 Å². The highest BCUT2D eigenvalue weighted by Gasteiger charge is 2.32. The largest absolute Gasteiger partial charge is 0.478 e. The molecule has 1 heterocycles. The Kier molecular flexibility index (Phi) is 6.48. The maximum absolute atomic E-state index is 11.5. The van der Waals surface area contributed by atoms with Gasteiger partial charge in [0, 0.05) is 22.1 Å². The van der Waals surface area contributed by atoms with Crippen LogP contribution in [0.4, 0.5) is 0 Å². The van der Waals surface area contributed by atoms with E-state index in [2.05, 4.69) is 6.58 Å². The zero-order valence-corrected chi connectivity index (χ0v) is 13.7. The highest BCUT2D eigenvalue weighted by atomic mass is 16.6. The fourth-order valence-corrected chi connectivity index (χ4v) is 2.28. The summed E-state index contributed by atoms with van der Waals surface area (Å²) < 4.78 is 5.05. The van der Waals surface area contributed by atoms with Gasteiger partial charge in [-0.3, -0.25) is 0 Å². The molecule has 1 saturated heterocycles. The molecule has 0 bridgehead atoms. The van der Waals surface area contributed by atoms with Crippen LogP contribution in [0.25, 0.3) is 0 Å². The number of rotatable bonds is 10. The first-order chi connectivity index (χ1) is 11.1. The molecule has 0 amide bonds. The fraction of sp³-hybridized carbons (Fsp3) is 0.471. The highest BCUT2D eigenvalue weighted by Crippen LogP contribution is 2.34. The van der Waals surface area contributed by atoms with Gasteiger partial charge in [-0.1, -0.05) is 25.7 Å². The summed E-state index contributed by atoms with van der Waals surface area (Å²) in [7, 11) is 0. The maximum atomic E-state index is 11.5. The van der Waals surface area contributed by atoms with Crippen molar-refractivity contribution >= 4 is 17.9 Å². The number of epoxide rings is 1. The van der Waals surface area contributed by atoms with Crippen LogP contribution in [0.3, 0.4) is 0 Å². The van der Waals surface area contributed by atoms with Crippen molar-refractivity contribution in [2.24, 2.45) is 5.41 Å². The summed E-state index contributed by atoms with van der Waals surface area (Å²) in [6.07, 6.45) is 3.43. The summed E-state index contributed by atoms with van der Waals surface area (Å²) in [4.78, 5) is 34.1. The van der Waals surface area contributed by atoms with Gasteiger partial charge in [0.2, 0.25) is 0 Å². The average Bonchev–Trinajstić information content (AvgIpc) is 3.31. The van der Waals surface area contributed by atoms with E-state index in [4.69, 9.17) is 4.74 Å². The molecule has 1 rings (SSSR count). The van der Waals surface area contributed by atoms with Gasteiger partial charge in [0.05, 0.1) is 12.7 Å². The molecule has 7 nitrogen and oxygen atoms in total. The van der Waals surface area contributed by atoms with E-state index in [-0.39, 0.29) is 35.7 Å². The van der Waals surface area contributed by atoms with Crippen LogP contribution in [0.5, 0.6) is 0 Å². The van der Waals surface area contributed by atoms with Crippen LogP contribution in [-0.2, 0) is 19.1 Å². The zero-order chi connectivity index (χ0) is 18.5. The second kappa shape index (κ2) is 7.92. The van der Waals surface area contributed by atoms with E-state index in [1.54, 1.807) is 6.92 Å². The summed E-state index contributed by atoms with van der Waals surface area (Å²) in [5.41, 5.74) is -1.72. The van der Waals surface area contributed by atoms with Crippen LogP contribution in [0.1, 0.15) is 33.1 Å². The van der Waals surface area contributed by atoms with Crippen LogP contribution < -0.4 is 0 Å². The molecular weight excluding hydrogens is 316 g/mol. The Morgan fingerprint density at radius 2 is 1.62 bits per heavy atom. The molecule has 2 unspecified atom stereocenters. The zero-order valence-electron chi connectivity index (χ0n) is 13.7. The van der Waals surface area contributed by atoms with Crippen molar-refractivity contribution in [3.8, 4) is 0 Å². The lowest BCUT2D eigenvalue weighted by molar-refractivity contribution is -0.134. The quantitative estimate of drug-likeness (QED) is 0.412. The Balaban J connectivity index is 3.30. The van der Waals surface area contributed by atoms with Gasteiger partial charge in [-0.25, -0.2) is 14.4 Å². The second-order valence-corrected chi connectivity index (χ2v) is 5.86. The lowest BCUT2D eigenvalue weighted by Gasteiger charge is -2.24. The molecule has 0 aromatic rings. The van der Waals surface area contributed by atoms with Crippen molar-refractivity contribution in [1.29, 1.82) is 0 Å². The van der Waals surface area contributed by atoms with Crippen LogP contribution in [0.15, 0.2) is 35.5 Å². The lowest BCUT2D eigenvalue weighted by atomic mass is 9.78. The molecule has 1 aliphatic rings. The van der Waals surface area contributed by atoms with E-state index in [1.807, 2.05) is 0 Å². The molecule has 24 heavy (non-hydrogen) atoms. The number of aliphatic carboxylic acids is 3. The molecule has 132 valence electrons. The number of allylic oxidation sites excluding steroid dienone is 2. The van der Waals surface area contributed by atoms with Gasteiger partial charge in [0.15, 0.2) is 0 Å². The third kappa shape index (κ3) is 5.34. The molecule has 0 aromatic carbocycles. The maximum Gasteiger partial charge on any atom is 0.332 e. The number of hydrogen-bond donors (Lipinski definition) is 3. The number of carboxylic acids is 3. The van der Waals surface area contributed by atoms with Gasteiger partial charge in [0.25, 0.3) is 0 Å². The summed E-state index contributed by atoms with van der Waals surface area (Å²) in [5, 5.41) is 27.8. The van der Waals surface area contributed by atoms with Crippen molar-refractivity contribution in [2.75, 3.05) is 6.61 Å². The highest BCUT2D eigenvalue weighted by molar-refractivity contribution is 5.92. The van der Waals surface area contributed by atoms with E-state index in [1.165, 1.54) is 19.1 Å². The molecule has 2 atom stereocenters. The van der Waals surface area contributed by atoms with Crippen molar-refractivity contribution < 1.29 is 34.4 Å². The number of hydrogen-bond acceptors (Lipinski definition) is 4. The Labute approximate surface area is 139 Å². The lowest BCUT2D eigenvalue weighted by Crippen LogP contribution is -2.23. The summed E-state index contributed by atoms with van der Waals surface area (Å²) in [6.45, 7) is 7.15. The minimum absolute atomic E-state index is 0.00694. The monoisotopic (exact) mass is 338 g/mol. The van der Waals surface area contributed by atoms with Crippen LogP contribution >= 0.6 is 0 Å². The molecule has 3 N–H and O–H groups in total. The molecule has 1 aliphatic heterocycles. The van der Waals surface area contributed by atoms with E-state index >= 15 is 0 Å². The third-order valence-corrected chi connectivity index (χ3v) is 3.92. The van der Waals surface area contributed by atoms with E-state index in [0.29, 0.717) is 13.0 Å². The first kappa shape index (κ1) is 19.6. The van der Waals surface area contributed by atoms with Gasteiger partial charge < -0.3 is 20.1 Å². The average molecular weight is 338 g/mol. The van der Waals surface area contributed by atoms with Gasteiger partial charge in [-0.2, -0.15) is 0 Å². The predicted molar refractivity (Wildman–Crippen MR) is 85.6 cm³/mol. The van der Waals surface area contributed by atoms with Crippen LogP contribution in [0, 0.1) is 5.41 Å². The van der Waals surface area contributed by atoms with Crippen molar-refractivity contribution in [3.63, 3.8) is 0 Å². The normalized spacial score (nSPS) is 20.2. The summed E-state index contributed by atoms with van der Waals surface area (Å²) in [6, 6.07) is 0. The van der Waals surface area contributed by atoms with E-state index in [0.717, 1.165) is 0 Å². The third-order valence-electron chi connectivity index (χ3n) is 3.92. The summed E-state index contributed by atoms with van der Waals surface area (Å²) in [5.74, 6) is -3.68. The topological polar surface area (TPSA) is 124 Å². The SMILES string of the molecule is C=C(C(=O)O)C(C)(C=C(CC)C(=O)O)C=C(CCC1CO1)C(=O)O.